The average Bonchev–Trinajstić information content (AvgIpc) is 2.51. The van der Waals surface area contributed by atoms with E-state index in [0.29, 0.717) is 0 Å². The monoisotopic (exact) mass is 279 g/mol. The zero-order valence-electron chi connectivity index (χ0n) is 13.5. The van der Waals surface area contributed by atoms with Crippen LogP contribution in [0.25, 0.3) is 0 Å². The van der Waals surface area contributed by atoms with Crippen LogP contribution in [0.3, 0.4) is 0 Å². The van der Waals surface area contributed by atoms with Crippen LogP contribution in [0.5, 0.6) is 5.75 Å². The topological polar surface area (TPSA) is 30.5 Å². The Kier molecular flexibility index (Phi) is 7.03. The molecule has 0 fully saturated rings. The standard InChI is InChI=1S/C17H29NO2/c1-6-13-20-15-11-9-14(10-12-15)16(18-4)17(7-2,8-3)19-5/h9-12,16,18H,6-8,13H2,1-5H3. The van der Waals surface area contributed by atoms with E-state index in [-0.39, 0.29) is 11.6 Å². The van der Waals surface area contributed by atoms with Crippen LogP contribution < -0.4 is 10.1 Å². The van der Waals surface area contributed by atoms with Crippen molar-refractivity contribution >= 4 is 0 Å². The zero-order valence-corrected chi connectivity index (χ0v) is 13.5. The third kappa shape index (κ3) is 3.74. The molecule has 0 heterocycles. The number of hydrogen-bond acceptors (Lipinski definition) is 3. The number of ether oxygens (including phenoxy) is 2. The number of rotatable bonds is 9. The molecular formula is C17H29NO2. The maximum absolute atomic E-state index is 5.85. The molecule has 0 aliphatic carbocycles. The maximum Gasteiger partial charge on any atom is 0.119 e. The molecule has 1 aromatic rings. The number of nitrogens with one attached hydrogen (secondary N) is 1. The molecule has 1 aromatic carbocycles. The van der Waals surface area contributed by atoms with Crippen molar-refractivity contribution in [2.45, 2.75) is 51.7 Å². The molecule has 1 N–H and O–H groups in total. The van der Waals surface area contributed by atoms with Crippen LogP contribution in [0.2, 0.25) is 0 Å². The number of hydrogen-bond donors (Lipinski definition) is 1. The predicted molar refractivity (Wildman–Crippen MR) is 84.4 cm³/mol. The van der Waals surface area contributed by atoms with Gasteiger partial charge in [-0.15, -0.1) is 0 Å². The molecule has 1 rings (SSSR count). The number of methoxy groups -OCH3 is 1. The summed E-state index contributed by atoms with van der Waals surface area (Å²) in [5.74, 6) is 0.932. The van der Waals surface area contributed by atoms with Gasteiger partial charge in [-0.05, 0) is 44.0 Å². The Hall–Kier alpha value is -1.06. The number of likely N-dealkylation sites (N-methyl/N-ethyl adjacent to an activating group) is 1. The fourth-order valence-corrected chi connectivity index (χ4v) is 2.77. The largest absolute Gasteiger partial charge is 0.494 e. The summed E-state index contributed by atoms with van der Waals surface area (Å²) in [6, 6.07) is 8.53. The molecule has 0 aliphatic rings. The number of benzene rings is 1. The van der Waals surface area contributed by atoms with Crippen LogP contribution >= 0.6 is 0 Å². The van der Waals surface area contributed by atoms with E-state index in [1.165, 1.54) is 5.56 Å². The fourth-order valence-electron chi connectivity index (χ4n) is 2.77. The van der Waals surface area contributed by atoms with Gasteiger partial charge in [0.15, 0.2) is 0 Å². The van der Waals surface area contributed by atoms with Crippen molar-refractivity contribution in [1.82, 2.24) is 5.32 Å². The van der Waals surface area contributed by atoms with Crippen molar-refractivity contribution in [3.8, 4) is 5.75 Å². The first kappa shape index (κ1) is 17.0. The summed E-state index contributed by atoms with van der Waals surface area (Å²) < 4.78 is 11.5. The molecule has 0 saturated carbocycles. The van der Waals surface area contributed by atoms with Gasteiger partial charge in [-0.1, -0.05) is 32.9 Å². The quantitative estimate of drug-likeness (QED) is 0.742. The van der Waals surface area contributed by atoms with Crippen LogP contribution in [0, 0.1) is 0 Å². The minimum atomic E-state index is -0.166. The Morgan fingerprint density at radius 1 is 1.10 bits per heavy atom. The summed E-state index contributed by atoms with van der Waals surface area (Å²) in [6.45, 7) is 7.23. The summed E-state index contributed by atoms with van der Waals surface area (Å²) in [6.07, 6.45) is 2.97. The SMILES string of the molecule is CCCOc1ccc(C(NC)C(CC)(CC)OC)cc1. The lowest BCUT2D eigenvalue weighted by Gasteiger charge is -2.38. The Bertz CT molecular complexity index is 363. The van der Waals surface area contributed by atoms with Gasteiger partial charge in [0, 0.05) is 7.11 Å². The second-order valence-electron chi connectivity index (χ2n) is 5.12. The summed E-state index contributed by atoms with van der Waals surface area (Å²) in [5.41, 5.74) is 1.07. The van der Waals surface area contributed by atoms with Crippen LogP contribution in [-0.2, 0) is 4.74 Å². The van der Waals surface area contributed by atoms with E-state index in [4.69, 9.17) is 9.47 Å². The highest BCUT2D eigenvalue weighted by molar-refractivity contribution is 5.30. The first-order valence-electron chi connectivity index (χ1n) is 7.62. The van der Waals surface area contributed by atoms with E-state index in [9.17, 15) is 0 Å². The Morgan fingerprint density at radius 2 is 1.70 bits per heavy atom. The van der Waals surface area contributed by atoms with Crippen molar-refractivity contribution in [1.29, 1.82) is 0 Å². The second kappa shape index (κ2) is 8.28. The van der Waals surface area contributed by atoms with Gasteiger partial charge in [-0.25, -0.2) is 0 Å². The van der Waals surface area contributed by atoms with E-state index >= 15 is 0 Å². The van der Waals surface area contributed by atoms with E-state index in [1.54, 1.807) is 7.11 Å². The highest BCUT2D eigenvalue weighted by Crippen LogP contribution is 2.35. The minimum absolute atomic E-state index is 0.166. The van der Waals surface area contributed by atoms with Crippen molar-refractivity contribution in [2.24, 2.45) is 0 Å². The van der Waals surface area contributed by atoms with Gasteiger partial charge >= 0.3 is 0 Å². The van der Waals surface area contributed by atoms with Gasteiger partial charge in [0.2, 0.25) is 0 Å². The minimum Gasteiger partial charge on any atom is -0.494 e. The molecule has 0 bridgehead atoms. The summed E-state index contributed by atoms with van der Waals surface area (Å²) in [7, 11) is 3.79. The smallest absolute Gasteiger partial charge is 0.119 e. The van der Waals surface area contributed by atoms with Gasteiger partial charge in [-0.2, -0.15) is 0 Å². The van der Waals surface area contributed by atoms with Crippen LogP contribution in [0.4, 0.5) is 0 Å². The lowest BCUT2D eigenvalue weighted by Crippen LogP contribution is -2.43. The molecule has 3 nitrogen and oxygen atoms in total. The van der Waals surface area contributed by atoms with E-state index < -0.39 is 0 Å². The lowest BCUT2D eigenvalue weighted by molar-refractivity contribution is -0.0467. The van der Waals surface area contributed by atoms with Gasteiger partial charge < -0.3 is 14.8 Å². The van der Waals surface area contributed by atoms with Gasteiger partial charge in [0.1, 0.15) is 5.75 Å². The van der Waals surface area contributed by atoms with Crippen LogP contribution in [0.1, 0.15) is 51.6 Å². The Morgan fingerprint density at radius 3 is 2.10 bits per heavy atom. The van der Waals surface area contributed by atoms with Crippen LogP contribution in [-0.4, -0.2) is 26.4 Å². The third-order valence-electron chi connectivity index (χ3n) is 4.10. The highest BCUT2D eigenvalue weighted by atomic mass is 16.5. The van der Waals surface area contributed by atoms with Gasteiger partial charge in [-0.3, -0.25) is 0 Å². The first-order valence-corrected chi connectivity index (χ1v) is 7.62. The highest BCUT2D eigenvalue weighted by Gasteiger charge is 2.35. The molecule has 114 valence electrons. The van der Waals surface area contributed by atoms with Crippen molar-refractivity contribution < 1.29 is 9.47 Å². The average molecular weight is 279 g/mol. The molecule has 0 radical (unpaired) electrons. The normalized spacial score (nSPS) is 13.2. The third-order valence-corrected chi connectivity index (χ3v) is 4.10. The molecule has 0 saturated heterocycles. The van der Waals surface area contributed by atoms with Gasteiger partial charge in [0.05, 0.1) is 18.2 Å². The second-order valence-corrected chi connectivity index (χ2v) is 5.12. The van der Waals surface area contributed by atoms with E-state index in [2.05, 4.69) is 38.2 Å². The summed E-state index contributed by atoms with van der Waals surface area (Å²) in [4.78, 5) is 0. The molecule has 0 spiro atoms. The van der Waals surface area contributed by atoms with Gasteiger partial charge in [0.25, 0.3) is 0 Å². The Labute approximate surface area is 123 Å². The molecule has 1 atom stereocenters. The van der Waals surface area contributed by atoms with Crippen LogP contribution in [0.15, 0.2) is 24.3 Å². The molecular weight excluding hydrogens is 250 g/mol. The Balaban J connectivity index is 2.94. The molecule has 3 heteroatoms. The summed E-state index contributed by atoms with van der Waals surface area (Å²) >= 11 is 0. The maximum atomic E-state index is 5.85. The molecule has 0 aliphatic heterocycles. The van der Waals surface area contributed by atoms with Crippen molar-refractivity contribution in [3.05, 3.63) is 29.8 Å². The molecule has 0 aromatic heterocycles. The molecule has 0 amide bonds. The van der Waals surface area contributed by atoms with Crippen molar-refractivity contribution in [3.63, 3.8) is 0 Å². The lowest BCUT2D eigenvalue weighted by atomic mass is 9.84. The fraction of sp³-hybridized carbons (Fsp3) is 0.647. The summed E-state index contributed by atoms with van der Waals surface area (Å²) in [5, 5.41) is 3.41. The van der Waals surface area contributed by atoms with Crippen molar-refractivity contribution in [2.75, 3.05) is 20.8 Å². The van der Waals surface area contributed by atoms with E-state index in [0.717, 1.165) is 31.6 Å². The predicted octanol–water partition coefficient (Wildman–Crippen LogP) is 3.94. The van der Waals surface area contributed by atoms with E-state index in [1.807, 2.05) is 19.2 Å². The zero-order chi connectivity index (χ0) is 15.0. The first-order chi connectivity index (χ1) is 9.67. The molecule has 20 heavy (non-hydrogen) atoms. The molecule has 1 unspecified atom stereocenters.